The summed E-state index contributed by atoms with van der Waals surface area (Å²) in [5.74, 6) is 0.0394. The van der Waals surface area contributed by atoms with E-state index in [0.717, 1.165) is 31.9 Å². The van der Waals surface area contributed by atoms with Crippen LogP contribution in [0.5, 0.6) is 0 Å². The zero-order valence-electron chi connectivity index (χ0n) is 9.72. The number of hydrogen-bond acceptors (Lipinski definition) is 5. The predicted molar refractivity (Wildman–Crippen MR) is 63.2 cm³/mol. The molecule has 0 aromatic carbocycles. The Labute approximate surface area is 100 Å². The molecule has 92 valence electrons. The summed E-state index contributed by atoms with van der Waals surface area (Å²) in [6, 6.07) is 3.66. The molecule has 1 aromatic rings. The second kappa shape index (κ2) is 6.27. The van der Waals surface area contributed by atoms with Crippen molar-refractivity contribution >= 4 is 5.91 Å². The molecule has 1 aliphatic rings. The lowest BCUT2D eigenvalue weighted by atomic mass is 10.3. The highest BCUT2D eigenvalue weighted by Crippen LogP contribution is 1.93. The first-order valence-corrected chi connectivity index (χ1v) is 5.81. The van der Waals surface area contributed by atoms with Crippen molar-refractivity contribution in [1.82, 2.24) is 25.7 Å². The highest BCUT2D eigenvalue weighted by atomic mass is 16.2. The molecule has 0 radical (unpaired) electrons. The first-order chi connectivity index (χ1) is 8.34. The van der Waals surface area contributed by atoms with Crippen LogP contribution in [-0.4, -0.2) is 53.7 Å². The SMILES string of the molecule is O=C(CN1CCNCC1)NCc1cccnn1. The summed E-state index contributed by atoms with van der Waals surface area (Å²) in [5, 5.41) is 13.8. The highest BCUT2D eigenvalue weighted by molar-refractivity contribution is 5.77. The van der Waals surface area contributed by atoms with E-state index in [1.54, 1.807) is 6.20 Å². The summed E-state index contributed by atoms with van der Waals surface area (Å²) in [4.78, 5) is 13.8. The van der Waals surface area contributed by atoms with Gasteiger partial charge in [-0.1, -0.05) is 0 Å². The zero-order valence-corrected chi connectivity index (χ0v) is 9.72. The van der Waals surface area contributed by atoms with Gasteiger partial charge in [0.25, 0.3) is 0 Å². The number of hydrogen-bond donors (Lipinski definition) is 2. The summed E-state index contributed by atoms with van der Waals surface area (Å²) < 4.78 is 0. The number of aromatic nitrogens is 2. The molecule has 1 amide bonds. The summed E-state index contributed by atoms with van der Waals surface area (Å²) in [7, 11) is 0. The molecule has 1 aliphatic heterocycles. The maximum atomic E-state index is 11.7. The Morgan fingerprint density at radius 3 is 3.00 bits per heavy atom. The molecule has 0 bridgehead atoms. The van der Waals surface area contributed by atoms with Gasteiger partial charge in [-0.15, -0.1) is 0 Å². The van der Waals surface area contributed by atoms with Gasteiger partial charge in [0.2, 0.25) is 5.91 Å². The van der Waals surface area contributed by atoms with Gasteiger partial charge in [0, 0.05) is 32.4 Å². The molecule has 1 saturated heterocycles. The number of carbonyl (C=O) groups excluding carboxylic acids is 1. The van der Waals surface area contributed by atoms with Gasteiger partial charge in [-0.3, -0.25) is 9.69 Å². The van der Waals surface area contributed by atoms with Gasteiger partial charge in [-0.25, -0.2) is 0 Å². The van der Waals surface area contributed by atoms with E-state index in [1.807, 2.05) is 12.1 Å². The molecule has 0 aliphatic carbocycles. The van der Waals surface area contributed by atoms with Crippen molar-refractivity contribution in [3.8, 4) is 0 Å². The molecule has 0 atom stereocenters. The lowest BCUT2D eigenvalue weighted by molar-refractivity contribution is -0.122. The summed E-state index contributed by atoms with van der Waals surface area (Å²) in [5.41, 5.74) is 0.779. The van der Waals surface area contributed by atoms with Crippen molar-refractivity contribution < 1.29 is 4.79 Å². The van der Waals surface area contributed by atoms with Crippen LogP contribution < -0.4 is 10.6 Å². The molecule has 0 spiro atoms. The molecule has 2 rings (SSSR count). The third-order valence-electron chi connectivity index (χ3n) is 2.67. The van der Waals surface area contributed by atoms with Crippen LogP contribution in [0.1, 0.15) is 5.69 Å². The number of carbonyl (C=O) groups is 1. The fraction of sp³-hybridized carbons (Fsp3) is 0.545. The second-order valence-corrected chi connectivity index (χ2v) is 4.02. The van der Waals surface area contributed by atoms with Crippen LogP contribution in [0.25, 0.3) is 0 Å². The zero-order chi connectivity index (χ0) is 11.9. The Morgan fingerprint density at radius 1 is 1.47 bits per heavy atom. The summed E-state index contributed by atoms with van der Waals surface area (Å²) >= 11 is 0. The molecule has 2 heterocycles. The van der Waals surface area contributed by atoms with E-state index in [-0.39, 0.29) is 5.91 Å². The van der Waals surface area contributed by atoms with Gasteiger partial charge in [0.05, 0.1) is 18.8 Å². The standard InChI is InChI=1S/C11H17N5O/c17-11(9-16-6-4-12-5-7-16)13-8-10-2-1-3-14-15-10/h1-3,12H,4-9H2,(H,13,17). The van der Waals surface area contributed by atoms with Crippen molar-refractivity contribution in [1.29, 1.82) is 0 Å². The molecule has 0 saturated carbocycles. The first-order valence-electron chi connectivity index (χ1n) is 5.81. The second-order valence-electron chi connectivity index (χ2n) is 4.02. The molecule has 2 N–H and O–H groups in total. The minimum atomic E-state index is 0.0394. The minimum Gasteiger partial charge on any atom is -0.349 e. The van der Waals surface area contributed by atoms with Gasteiger partial charge < -0.3 is 10.6 Å². The molecule has 6 heteroatoms. The fourth-order valence-electron chi connectivity index (χ4n) is 1.75. The van der Waals surface area contributed by atoms with E-state index >= 15 is 0 Å². The lowest BCUT2D eigenvalue weighted by Crippen LogP contribution is -2.47. The van der Waals surface area contributed by atoms with E-state index in [1.165, 1.54) is 0 Å². The van der Waals surface area contributed by atoms with Crippen molar-refractivity contribution in [2.45, 2.75) is 6.54 Å². The Kier molecular flexibility index (Phi) is 4.40. The molecular formula is C11H17N5O. The molecular weight excluding hydrogens is 218 g/mol. The normalized spacial score (nSPS) is 16.7. The van der Waals surface area contributed by atoms with Gasteiger partial charge in [-0.05, 0) is 12.1 Å². The Balaban J connectivity index is 1.70. The molecule has 17 heavy (non-hydrogen) atoms. The maximum absolute atomic E-state index is 11.7. The average Bonchev–Trinajstić information content (AvgIpc) is 2.39. The maximum Gasteiger partial charge on any atom is 0.234 e. The van der Waals surface area contributed by atoms with Crippen LogP contribution in [0.15, 0.2) is 18.3 Å². The van der Waals surface area contributed by atoms with E-state index < -0.39 is 0 Å². The molecule has 1 aromatic heterocycles. The monoisotopic (exact) mass is 235 g/mol. The third-order valence-corrected chi connectivity index (χ3v) is 2.67. The van der Waals surface area contributed by atoms with Crippen LogP contribution in [0, 0.1) is 0 Å². The van der Waals surface area contributed by atoms with Crippen LogP contribution in [0.4, 0.5) is 0 Å². The molecule has 1 fully saturated rings. The van der Waals surface area contributed by atoms with Gasteiger partial charge in [-0.2, -0.15) is 10.2 Å². The van der Waals surface area contributed by atoms with Crippen molar-refractivity contribution in [2.75, 3.05) is 32.7 Å². The minimum absolute atomic E-state index is 0.0394. The molecule has 0 unspecified atom stereocenters. The number of nitrogens with one attached hydrogen (secondary N) is 2. The average molecular weight is 235 g/mol. The van der Waals surface area contributed by atoms with Crippen molar-refractivity contribution in [2.24, 2.45) is 0 Å². The predicted octanol–water partition coefficient (Wildman–Crippen LogP) is -1.00. The van der Waals surface area contributed by atoms with E-state index in [9.17, 15) is 4.79 Å². The topological polar surface area (TPSA) is 70.2 Å². The first kappa shape index (κ1) is 11.9. The van der Waals surface area contributed by atoms with Gasteiger partial charge in [0.1, 0.15) is 0 Å². The van der Waals surface area contributed by atoms with Crippen LogP contribution in [0.2, 0.25) is 0 Å². The Hall–Kier alpha value is -1.53. The Bertz CT molecular complexity index is 350. The quantitative estimate of drug-likeness (QED) is 0.700. The number of amides is 1. The number of nitrogens with zero attached hydrogens (tertiary/aromatic N) is 3. The smallest absolute Gasteiger partial charge is 0.234 e. The summed E-state index contributed by atoms with van der Waals surface area (Å²) in [6.07, 6.45) is 1.62. The Morgan fingerprint density at radius 2 is 2.29 bits per heavy atom. The largest absolute Gasteiger partial charge is 0.349 e. The van der Waals surface area contributed by atoms with Crippen molar-refractivity contribution in [3.05, 3.63) is 24.0 Å². The fourth-order valence-corrected chi connectivity index (χ4v) is 1.75. The lowest BCUT2D eigenvalue weighted by Gasteiger charge is -2.26. The van der Waals surface area contributed by atoms with Crippen molar-refractivity contribution in [3.63, 3.8) is 0 Å². The summed E-state index contributed by atoms with van der Waals surface area (Å²) in [6.45, 7) is 4.67. The van der Waals surface area contributed by atoms with Gasteiger partial charge in [0.15, 0.2) is 0 Å². The van der Waals surface area contributed by atoms with Crippen LogP contribution in [0.3, 0.4) is 0 Å². The molecule has 6 nitrogen and oxygen atoms in total. The number of rotatable bonds is 4. The highest BCUT2D eigenvalue weighted by Gasteiger charge is 2.12. The van der Waals surface area contributed by atoms with Crippen LogP contribution >= 0.6 is 0 Å². The number of piperazine rings is 1. The third kappa shape index (κ3) is 4.08. The van der Waals surface area contributed by atoms with Crippen LogP contribution in [-0.2, 0) is 11.3 Å². The van der Waals surface area contributed by atoms with Gasteiger partial charge >= 0.3 is 0 Å². The van der Waals surface area contributed by atoms with E-state index in [0.29, 0.717) is 13.1 Å². The van der Waals surface area contributed by atoms with E-state index in [2.05, 4.69) is 25.7 Å². The van der Waals surface area contributed by atoms with E-state index in [4.69, 9.17) is 0 Å².